The van der Waals surface area contributed by atoms with Gasteiger partial charge >= 0.3 is 5.97 Å². The van der Waals surface area contributed by atoms with Gasteiger partial charge in [0.15, 0.2) is 0 Å². The van der Waals surface area contributed by atoms with Crippen molar-refractivity contribution in [3.63, 3.8) is 0 Å². The van der Waals surface area contributed by atoms with Crippen molar-refractivity contribution in [3.05, 3.63) is 59.2 Å². The van der Waals surface area contributed by atoms with Gasteiger partial charge in [-0.2, -0.15) is 5.10 Å². The summed E-state index contributed by atoms with van der Waals surface area (Å²) in [6.45, 7) is 3.00. The summed E-state index contributed by atoms with van der Waals surface area (Å²) in [5.74, 6) is -1.21. The molecule has 1 N–H and O–H groups in total. The molecule has 0 bridgehead atoms. The number of nitrogens with zero attached hydrogens (tertiary/aromatic N) is 3. The maximum absolute atomic E-state index is 12.9. The van der Waals surface area contributed by atoms with Gasteiger partial charge in [0.05, 0.1) is 17.9 Å². The first-order valence-corrected chi connectivity index (χ1v) is 8.93. The van der Waals surface area contributed by atoms with Gasteiger partial charge in [-0.15, -0.1) is 0 Å². The van der Waals surface area contributed by atoms with Crippen LogP contribution in [0.1, 0.15) is 46.9 Å². The SMILES string of the molecule is Cc1c(C(=O)O)cnn1C1CCN(C(=O)C/C=C/c2ccc(F)cc2)CC1. The highest BCUT2D eigenvalue weighted by Gasteiger charge is 2.26. The first-order valence-electron chi connectivity index (χ1n) is 8.93. The Balaban J connectivity index is 1.52. The van der Waals surface area contributed by atoms with Crippen LogP contribution in [0, 0.1) is 12.7 Å². The molecule has 2 aromatic rings. The van der Waals surface area contributed by atoms with E-state index in [1.807, 2.05) is 11.0 Å². The number of aromatic nitrogens is 2. The Morgan fingerprint density at radius 3 is 2.52 bits per heavy atom. The summed E-state index contributed by atoms with van der Waals surface area (Å²) in [6, 6.07) is 6.22. The van der Waals surface area contributed by atoms with Crippen LogP contribution in [0.15, 0.2) is 36.5 Å². The second-order valence-electron chi connectivity index (χ2n) is 6.66. The number of rotatable bonds is 5. The monoisotopic (exact) mass is 371 g/mol. The Morgan fingerprint density at radius 1 is 1.26 bits per heavy atom. The summed E-state index contributed by atoms with van der Waals surface area (Å²) in [5.41, 5.74) is 1.72. The molecule has 7 heteroatoms. The average Bonchev–Trinajstić information content (AvgIpc) is 3.05. The molecule has 1 fully saturated rings. The number of hydrogen-bond acceptors (Lipinski definition) is 3. The minimum atomic E-state index is -0.973. The third-order valence-electron chi connectivity index (χ3n) is 4.91. The van der Waals surface area contributed by atoms with Gasteiger partial charge in [-0.1, -0.05) is 24.3 Å². The lowest BCUT2D eigenvalue weighted by molar-refractivity contribution is -0.131. The van der Waals surface area contributed by atoms with Gasteiger partial charge in [0.2, 0.25) is 5.91 Å². The standard InChI is InChI=1S/C20H22FN3O3/c1-14-18(20(26)27)13-22-24(14)17-9-11-23(12-10-17)19(25)4-2-3-15-5-7-16(21)8-6-15/h2-3,5-8,13,17H,4,9-12H2,1H3,(H,26,27)/b3-2+. The van der Waals surface area contributed by atoms with E-state index in [9.17, 15) is 14.0 Å². The Hall–Kier alpha value is -2.96. The van der Waals surface area contributed by atoms with Crippen LogP contribution in [0.2, 0.25) is 0 Å². The molecule has 142 valence electrons. The van der Waals surface area contributed by atoms with Crippen molar-refractivity contribution in [2.45, 2.75) is 32.2 Å². The van der Waals surface area contributed by atoms with E-state index in [1.165, 1.54) is 18.3 Å². The predicted octanol–water partition coefficient (Wildman–Crippen LogP) is 3.30. The fourth-order valence-electron chi connectivity index (χ4n) is 3.36. The smallest absolute Gasteiger partial charge is 0.339 e. The molecule has 0 atom stereocenters. The summed E-state index contributed by atoms with van der Waals surface area (Å²) in [6.07, 6.45) is 6.77. The van der Waals surface area contributed by atoms with Crippen molar-refractivity contribution < 1.29 is 19.1 Å². The molecule has 1 saturated heterocycles. The minimum Gasteiger partial charge on any atom is -0.478 e. The normalized spacial score (nSPS) is 15.4. The molecule has 0 spiro atoms. The van der Waals surface area contributed by atoms with Crippen molar-refractivity contribution in [2.75, 3.05) is 13.1 Å². The molecule has 1 aliphatic heterocycles. The predicted molar refractivity (Wildman–Crippen MR) is 98.8 cm³/mol. The fraction of sp³-hybridized carbons (Fsp3) is 0.350. The summed E-state index contributed by atoms with van der Waals surface area (Å²) in [7, 11) is 0. The summed E-state index contributed by atoms with van der Waals surface area (Å²) < 4.78 is 14.6. The molecule has 1 aromatic heterocycles. The molecule has 27 heavy (non-hydrogen) atoms. The Kier molecular flexibility index (Phi) is 5.69. The molecule has 0 radical (unpaired) electrons. The molecule has 0 aliphatic carbocycles. The van der Waals surface area contributed by atoms with Gasteiger partial charge in [-0.3, -0.25) is 9.48 Å². The number of carbonyl (C=O) groups excluding carboxylic acids is 1. The number of hydrogen-bond donors (Lipinski definition) is 1. The molecule has 1 amide bonds. The third-order valence-corrected chi connectivity index (χ3v) is 4.91. The van der Waals surface area contributed by atoms with E-state index >= 15 is 0 Å². The van der Waals surface area contributed by atoms with E-state index in [0.29, 0.717) is 25.2 Å². The van der Waals surface area contributed by atoms with Gasteiger partial charge in [0.1, 0.15) is 11.4 Å². The molecular formula is C20H22FN3O3. The highest BCUT2D eigenvalue weighted by atomic mass is 19.1. The van der Waals surface area contributed by atoms with Crippen LogP contribution >= 0.6 is 0 Å². The number of likely N-dealkylation sites (tertiary alicyclic amines) is 1. The van der Waals surface area contributed by atoms with Crippen LogP contribution in [-0.4, -0.2) is 44.8 Å². The number of benzene rings is 1. The molecule has 3 rings (SSSR count). The van der Waals surface area contributed by atoms with Crippen LogP contribution in [0.5, 0.6) is 0 Å². The lowest BCUT2D eigenvalue weighted by Gasteiger charge is -2.32. The summed E-state index contributed by atoms with van der Waals surface area (Å²) in [5, 5.41) is 13.4. The largest absolute Gasteiger partial charge is 0.478 e. The highest BCUT2D eigenvalue weighted by Crippen LogP contribution is 2.25. The number of halogens is 1. The van der Waals surface area contributed by atoms with Crippen LogP contribution in [-0.2, 0) is 4.79 Å². The van der Waals surface area contributed by atoms with Crippen molar-refractivity contribution >= 4 is 18.0 Å². The van der Waals surface area contributed by atoms with E-state index in [-0.39, 0.29) is 23.3 Å². The zero-order valence-corrected chi connectivity index (χ0v) is 15.1. The molecule has 6 nitrogen and oxygen atoms in total. The summed E-state index contributed by atoms with van der Waals surface area (Å²) >= 11 is 0. The third kappa shape index (κ3) is 4.42. The number of carboxylic acids is 1. The van der Waals surface area contributed by atoms with Gasteiger partial charge in [0, 0.05) is 19.5 Å². The zero-order valence-electron chi connectivity index (χ0n) is 15.1. The topological polar surface area (TPSA) is 75.4 Å². The number of amides is 1. The van der Waals surface area contributed by atoms with Crippen LogP contribution in [0.25, 0.3) is 6.08 Å². The molecule has 0 saturated carbocycles. The van der Waals surface area contributed by atoms with Crippen LogP contribution < -0.4 is 0 Å². The van der Waals surface area contributed by atoms with Crippen molar-refractivity contribution in [1.29, 1.82) is 0 Å². The Morgan fingerprint density at radius 2 is 1.93 bits per heavy atom. The molecule has 1 aromatic carbocycles. The number of aromatic carboxylic acids is 1. The molecule has 2 heterocycles. The maximum Gasteiger partial charge on any atom is 0.339 e. The second kappa shape index (κ2) is 8.16. The van der Waals surface area contributed by atoms with E-state index in [2.05, 4.69) is 5.10 Å². The maximum atomic E-state index is 12.9. The molecule has 0 unspecified atom stereocenters. The lowest BCUT2D eigenvalue weighted by atomic mass is 10.0. The Labute approximate surface area is 156 Å². The molecular weight excluding hydrogens is 349 g/mol. The quantitative estimate of drug-likeness (QED) is 0.875. The lowest BCUT2D eigenvalue weighted by Crippen LogP contribution is -2.39. The highest BCUT2D eigenvalue weighted by molar-refractivity contribution is 5.88. The van der Waals surface area contributed by atoms with Gasteiger partial charge < -0.3 is 10.0 Å². The number of carbonyl (C=O) groups is 2. The first-order chi connectivity index (χ1) is 13.0. The average molecular weight is 371 g/mol. The zero-order chi connectivity index (χ0) is 19.4. The number of carboxylic acid groups (broad SMARTS) is 1. The molecule has 1 aliphatic rings. The van der Waals surface area contributed by atoms with Crippen LogP contribution in [0.4, 0.5) is 4.39 Å². The first kappa shape index (κ1) is 18.8. The van der Waals surface area contributed by atoms with Crippen LogP contribution in [0.3, 0.4) is 0 Å². The Bertz CT molecular complexity index is 850. The minimum absolute atomic E-state index is 0.0511. The van der Waals surface area contributed by atoms with E-state index < -0.39 is 5.97 Å². The van der Waals surface area contributed by atoms with Crippen molar-refractivity contribution in [3.8, 4) is 0 Å². The van der Waals surface area contributed by atoms with E-state index in [1.54, 1.807) is 29.8 Å². The number of piperidine rings is 1. The summed E-state index contributed by atoms with van der Waals surface area (Å²) in [4.78, 5) is 25.3. The fourth-order valence-corrected chi connectivity index (χ4v) is 3.36. The van der Waals surface area contributed by atoms with Crippen molar-refractivity contribution in [1.82, 2.24) is 14.7 Å². The second-order valence-corrected chi connectivity index (χ2v) is 6.66. The van der Waals surface area contributed by atoms with Gasteiger partial charge in [0.25, 0.3) is 0 Å². The van der Waals surface area contributed by atoms with E-state index in [4.69, 9.17) is 5.11 Å². The van der Waals surface area contributed by atoms with Gasteiger partial charge in [-0.05, 0) is 37.5 Å². The van der Waals surface area contributed by atoms with Crippen molar-refractivity contribution in [2.24, 2.45) is 0 Å². The van der Waals surface area contributed by atoms with E-state index in [0.717, 1.165) is 18.4 Å². The van der Waals surface area contributed by atoms with Gasteiger partial charge in [-0.25, -0.2) is 9.18 Å².